The number of aromatic nitrogens is 3. The molecule has 1 atom stereocenters. The van der Waals surface area contributed by atoms with Crippen LogP contribution in [-0.2, 0) is 16.1 Å². The first-order valence-electron chi connectivity index (χ1n) is 8.51. The van der Waals surface area contributed by atoms with Crippen molar-refractivity contribution in [3.8, 4) is 5.75 Å². The first-order chi connectivity index (χ1) is 13.9. The van der Waals surface area contributed by atoms with E-state index in [0.29, 0.717) is 16.5 Å². The molecule has 0 bridgehead atoms. The molecule has 0 aliphatic rings. The second-order valence-corrected chi connectivity index (χ2v) is 6.32. The van der Waals surface area contributed by atoms with Crippen molar-refractivity contribution in [2.75, 3.05) is 11.1 Å². The van der Waals surface area contributed by atoms with Crippen molar-refractivity contribution < 1.29 is 18.7 Å². The fraction of sp³-hybridized carbons (Fsp3) is 0.158. The number of carbonyl (C=O) groups is 1. The zero-order valence-electron chi connectivity index (χ0n) is 15.3. The van der Waals surface area contributed by atoms with Crippen LogP contribution >= 0.6 is 11.6 Å². The molecule has 150 valence electrons. The standard InChI is InChI=1S/C19H17ClFN5O3/c1-11(29-15-8-2-12(20)3-9-15)17(27)28-10-16-24-18(22)26-19(25-16)23-14-6-4-13(21)5-7-14/h2-9,11H,10H2,1H3,(H3,22,23,24,25,26). The normalized spacial score (nSPS) is 11.6. The van der Waals surface area contributed by atoms with Crippen LogP contribution in [0.5, 0.6) is 5.75 Å². The summed E-state index contributed by atoms with van der Waals surface area (Å²) in [5.41, 5.74) is 6.24. The van der Waals surface area contributed by atoms with Crippen LogP contribution in [0.3, 0.4) is 0 Å². The van der Waals surface area contributed by atoms with E-state index in [1.807, 2.05) is 0 Å². The van der Waals surface area contributed by atoms with Crippen LogP contribution in [0.4, 0.5) is 22.0 Å². The van der Waals surface area contributed by atoms with Crippen molar-refractivity contribution in [1.82, 2.24) is 15.0 Å². The summed E-state index contributed by atoms with van der Waals surface area (Å²) in [5, 5.41) is 3.44. The van der Waals surface area contributed by atoms with Crippen molar-refractivity contribution >= 4 is 35.2 Å². The summed E-state index contributed by atoms with van der Waals surface area (Å²) in [4.78, 5) is 24.2. The van der Waals surface area contributed by atoms with Crippen LogP contribution in [0, 0.1) is 5.82 Å². The number of nitrogen functional groups attached to an aromatic ring is 1. The monoisotopic (exact) mass is 417 g/mol. The molecule has 0 aliphatic carbocycles. The lowest BCUT2D eigenvalue weighted by Crippen LogP contribution is -2.26. The van der Waals surface area contributed by atoms with E-state index in [9.17, 15) is 9.18 Å². The Kier molecular flexibility index (Phi) is 6.40. The van der Waals surface area contributed by atoms with E-state index in [2.05, 4.69) is 20.3 Å². The van der Waals surface area contributed by atoms with Gasteiger partial charge in [-0.25, -0.2) is 9.18 Å². The van der Waals surface area contributed by atoms with Gasteiger partial charge in [-0.05, 0) is 55.5 Å². The highest BCUT2D eigenvalue weighted by Crippen LogP contribution is 2.18. The summed E-state index contributed by atoms with van der Waals surface area (Å²) in [6, 6.07) is 12.2. The molecule has 0 saturated carbocycles. The smallest absolute Gasteiger partial charge is 0.347 e. The van der Waals surface area contributed by atoms with Crippen molar-refractivity contribution in [3.05, 3.63) is 65.2 Å². The Bertz CT molecular complexity index is 986. The number of nitrogens with one attached hydrogen (secondary N) is 1. The molecule has 3 aromatic rings. The Morgan fingerprint density at radius 3 is 2.52 bits per heavy atom. The van der Waals surface area contributed by atoms with Gasteiger partial charge in [-0.15, -0.1) is 0 Å². The van der Waals surface area contributed by atoms with Gasteiger partial charge in [0.1, 0.15) is 11.6 Å². The van der Waals surface area contributed by atoms with E-state index in [0.717, 1.165) is 0 Å². The number of rotatable bonds is 7. The molecule has 3 rings (SSSR count). The Labute approximate surface area is 170 Å². The topological polar surface area (TPSA) is 112 Å². The summed E-state index contributed by atoms with van der Waals surface area (Å²) in [7, 11) is 0. The van der Waals surface area contributed by atoms with Gasteiger partial charge in [0.05, 0.1) is 0 Å². The van der Waals surface area contributed by atoms with Gasteiger partial charge in [0.2, 0.25) is 11.9 Å². The molecule has 1 unspecified atom stereocenters. The Morgan fingerprint density at radius 1 is 1.14 bits per heavy atom. The lowest BCUT2D eigenvalue weighted by Gasteiger charge is -2.14. The molecule has 8 nitrogen and oxygen atoms in total. The third kappa shape index (κ3) is 6.01. The number of anilines is 3. The number of nitrogens with two attached hydrogens (primary N) is 1. The molecule has 1 heterocycles. The predicted octanol–water partition coefficient (Wildman–Crippen LogP) is 3.50. The second kappa shape index (κ2) is 9.16. The fourth-order valence-electron chi connectivity index (χ4n) is 2.24. The average molecular weight is 418 g/mol. The number of nitrogens with zero attached hydrogens (tertiary/aromatic N) is 3. The molecular weight excluding hydrogens is 401 g/mol. The molecule has 3 N–H and O–H groups in total. The van der Waals surface area contributed by atoms with Crippen LogP contribution in [-0.4, -0.2) is 27.0 Å². The number of halogens is 2. The molecular formula is C19H17ClFN5O3. The van der Waals surface area contributed by atoms with Crippen molar-refractivity contribution in [2.24, 2.45) is 0 Å². The largest absolute Gasteiger partial charge is 0.479 e. The number of carbonyl (C=O) groups excluding carboxylic acids is 1. The summed E-state index contributed by atoms with van der Waals surface area (Å²) in [6.07, 6.45) is -0.854. The van der Waals surface area contributed by atoms with Gasteiger partial charge in [-0.3, -0.25) is 0 Å². The van der Waals surface area contributed by atoms with Crippen molar-refractivity contribution in [2.45, 2.75) is 19.6 Å². The zero-order valence-corrected chi connectivity index (χ0v) is 16.1. The molecule has 1 aromatic heterocycles. The Balaban J connectivity index is 1.59. The lowest BCUT2D eigenvalue weighted by atomic mass is 10.3. The molecule has 0 radical (unpaired) electrons. The quantitative estimate of drug-likeness (QED) is 0.562. The molecule has 0 spiro atoms. The van der Waals surface area contributed by atoms with Crippen molar-refractivity contribution in [3.63, 3.8) is 0 Å². The number of esters is 1. The van der Waals surface area contributed by atoms with Gasteiger partial charge in [-0.1, -0.05) is 11.6 Å². The number of hydrogen-bond acceptors (Lipinski definition) is 8. The number of ether oxygens (including phenoxy) is 2. The Hall–Kier alpha value is -3.46. The highest BCUT2D eigenvalue weighted by molar-refractivity contribution is 6.30. The summed E-state index contributed by atoms with van der Waals surface area (Å²) >= 11 is 5.81. The first kappa shape index (κ1) is 20.3. The van der Waals surface area contributed by atoms with E-state index >= 15 is 0 Å². The van der Waals surface area contributed by atoms with Crippen LogP contribution in [0.2, 0.25) is 5.02 Å². The minimum atomic E-state index is -0.854. The minimum Gasteiger partial charge on any atom is -0.479 e. The summed E-state index contributed by atoms with van der Waals surface area (Å²) in [5.74, 6) is -0.259. The second-order valence-electron chi connectivity index (χ2n) is 5.89. The van der Waals surface area contributed by atoms with Gasteiger partial charge < -0.3 is 20.5 Å². The molecule has 0 aliphatic heterocycles. The third-order valence-corrected chi connectivity index (χ3v) is 3.85. The van der Waals surface area contributed by atoms with Crippen LogP contribution in [0.25, 0.3) is 0 Å². The highest BCUT2D eigenvalue weighted by Gasteiger charge is 2.17. The molecule has 10 heteroatoms. The van der Waals surface area contributed by atoms with Crippen LogP contribution in [0.1, 0.15) is 12.7 Å². The van der Waals surface area contributed by atoms with Gasteiger partial charge in [-0.2, -0.15) is 15.0 Å². The number of hydrogen-bond donors (Lipinski definition) is 2. The maximum absolute atomic E-state index is 13.0. The predicted molar refractivity (Wildman–Crippen MR) is 105 cm³/mol. The fourth-order valence-corrected chi connectivity index (χ4v) is 2.37. The van der Waals surface area contributed by atoms with Gasteiger partial charge in [0.25, 0.3) is 0 Å². The maximum atomic E-state index is 13.0. The van der Waals surface area contributed by atoms with Gasteiger partial charge in [0, 0.05) is 10.7 Å². The third-order valence-electron chi connectivity index (χ3n) is 3.60. The summed E-state index contributed by atoms with van der Waals surface area (Å²) in [6.45, 7) is 1.33. The average Bonchev–Trinajstić information content (AvgIpc) is 2.69. The van der Waals surface area contributed by atoms with Crippen LogP contribution < -0.4 is 15.8 Å². The van der Waals surface area contributed by atoms with E-state index in [1.54, 1.807) is 31.2 Å². The SMILES string of the molecule is CC(Oc1ccc(Cl)cc1)C(=O)OCc1nc(N)nc(Nc2ccc(F)cc2)n1. The van der Waals surface area contributed by atoms with E-state index in [4.69, 9.17) is 26.8 Å². The number of benzene rings is 2. The molecule has 0 amide bonds. The van der Waals surface area contributed by atoms with Gasteiger partial charge in [0.15, 0.2) is 18.5 Å². The highest BCUT2D eigenvalue weighted by atomic mass is 35.5. The minimum absolute atomic E-state index is 0.0545. The Morgan fingerprint density at radius 2 is 1.83 bits per heavy atom. The molecule has 2 aromatic carbocycles. The van der Waals surface area contributed by atoms with E-state index in [-0.39, 0.29) is 30.1 Å². The van der Waals surface area contributed by atoms with Gasteiger partial charge >= 0.3 is 5.97 Å². The molecule has 0 saturated heterocycles. The van der Waals surface area contributed by atoms with Crippen LogP contribution in [0.15, 0.2) is 48.5 Å². The summed E-state index contributed by atoms with van der Waals surface area (Å²) < 4.78 is 23.7. The van der Waals surface area contributed by atoms with E-state index in [1.165, 1.54) is 24.3 Å². The molecule has 29 heavy (non-hydrogen) atoms. The molecule has 0 fully saturated rings. The van der Waals surface area contributed by atoms with E-state index < -0.39 is 12.1 Å². The zero-order chi connectivity index (χ0) is 20.8. The maximum Gasteiger partial charge on any atom is 0.347 e. The first-order valence-corrected chi connectivity index (χ1v) is 8.89. The lowest BCUT2D eigenvalue weighted by molar-refractivity contribution is -0.152. The van der Waals surface area contributed by atoms with Crippen molar-refractivity contribution in [1.29, 1.82) is 0 Å².